The van der Waals surface area contributed by atoms with Crippen LogP contribution in [0.25, 0.3) is 0 Å². The molecule has 5 heteroatoms. The first kappa shape index (κ1) is 15.7. The van der Waals surface area contributed by atoms with Gasteiger partial charge in [0.2, 0.25) is 5.91 Å². The molecule has 0 aromatic heterocycles. The van der Waals surface area contributed by atoms with Crippen molar-refractivity contribution < 1.29 is 4.79 Å². The van der Waals surface area contributed by atoms with E-state index in [-0.39, 0.29) is 5.91 Å². The first-order valence-corrected chi connectivity index (χ1v) is 8.18. The summed E-state index contributed by atoms with van der Waals surface area (Å²) in [7, 11) is 0. The van der Waals surface area contributed by atoms with Gasteiger partial charge in [-0.3, -0.25) is 9.69 Å². The minimum absolute atomic E-state index is 0.0506. The van der Waals surface area contributed by atoms with Gasteiger partial charge in [0.1, 0.15) is 0 Å². The largest absolute Gasteiger partial charge is 0.329 e. The molecule has 1 aromatic rings. The van der Waals surface area contributed by atoms with Crippen LogP contribution in [0.5, 0.6) is 0 Å². The third-order valence-corrected chi connectivity index (χ3v) is 4.50. The molecule has 1 unspecified atom stereocenters. The molecule has 1 heterocycles. The van der Waals surface area contributed by atoms with Crippen LogP contribution < -0.4 is 11.1 Å². The maximum Gasteiger partial charge on any atom is 0.238 e. The van der Waals surface area contributed by atoms with Crippen LogP contribution in [0.3, 0.4) is 0 Å². The lowest BCUT2D eigenvalue weighted by Gasteiger charge is -2.34. The van der Waals surface area contributed by atoms with Crippen LogP contribution in [0.15, 0.2) is 18.2 Å². The average molecular weight is 387 g/mol. The Labute approximate surface area is 134 Å². The van der Waals surface area contributed by atoms with Gasteiger partial charge >= 0.3 is 0 Å². The third-order valence-electron chi connectivity index (χ3n) is 3.83. The Hall–Kier alpha value is -0.660. The van der Waals surface area contributed by atoms with E-state index in [9.17, 15) is 4.79 Å². The lowest BCUT2D eigenvalue weighted by molar-refractivity contribution is -0.118. The summed E-state index contributed by atoms with van der Waals surface area (Å²) in [6.45, 7) is 4.06. The summed E-state index contributed by atoms with van der Waals surface area (Å²) in [5, 5.41) is 3.00. The van der Waals surface area contributed by atoms with Crippen LogP contribution >= 0.6 is 22.6 Å². The number of likely N-dealkylation sites (tertiary alicyclic amines) is 1. The lowest BCUT2D eigenvalue weighted by Crippen LogP contribution is -2.47. The molecule has 1 aliphatic heterocycles. The van der Waals surface area contributed by atoms with E-state index in [1.807, 2.05) is 19.1 Å². The summed E-state index contributed by atoms with van der Waals surface area (Å²) in [5.41, 5.74) is 7.78. The molecule has 1 saturated heterocycles. The molecule has 0 radical (unpaired) electrons. The van der Waals surface area contributed by atoms with E-state index in [0.717, 1.165) is 30.6 Å². The monoisotopic (exact) mass is 387 g/mol. The number of hydrogen-bond acceptors (Lipinski definition) is 3. The molecule has 1 aromatic carbocycles. The number of piperidine rings is 1. The lowest BCUT2D eigenvalue weighted by atomic mass is 10.0. The Bertz CT molecular complexity index is 478. The fourth-order valence-electron chi connectivity index (χ4n) is 2.68. The first-order valence-electron chi connectivity index (χ1n) is 7.10. The summed E-state index contributed by atoms with van der Waals surface area (Å²) in [6.07, 6.45) is 3.48. The minimum atomic E-state index is 0.0506. The molecule has 2 rings (SSSR count). The Morgan fingerprint density at radius 2 is 2.30 bits per heavy atom. The summed E-state index contributed by atoms with van der Waals surface area (Å²) >= 11 is 2.27. The van der Waals surface area contributed by atoms with Crippen LogP contribution in [0, 0.1) is 10.5 Å². The number of benzene rings is 1. The van der Waals surface area contributed by atoms with Gasteiger partial charge in [-0.05, 0) is 72.7 Å². The molecule has 0 spiro atoms. The van der Waals surface area contributed by atoms with Crippen LogP contribution in [0.4, 0.5) is 5.69 Å². The predicted octanol–water partition coefficient (Wildman–Crippen LogP) is 2.35. The summed E-state index contributed by atoms with van der Waals surface area (Å²) in [5.74, 6) is 0.0506. The van der Waals surface area contributed by atoms with Crippen molar-refractivity contribution in [3.05, 3.63) is 27.3 Å². The second-order valence-corrected chi connectivity index (χ2v) is 6.61. The number of rotatable bonds is 4. The van der Waals surface area contributed by atoms with Crippen LogP contribution in [0.1, 0.15) is 24.8 Å². The SMILES string of the molecule is Cc1cc(I)ccc1NC(=O)CN1CCCCC1CN. The molecular formula is C15H22IN3O. The zero-order chi connectivity index (χ0) is 14.5. The van der Waals surface area contributed by atoms with E-state index >= 15 is 0 Å². The number of carbonyl (C=O) groups is 1. The second-order valence-electron chi connectivity index (χ2n) is 5.36. The Morgan fingerprint density at radius 3 is 3.00 bits per heavy atom. The third kappa shape index (κ3) is 4.17. The van der Waals surface area contributed by atoms with Gasteiger partial charge in [0.25, 0.3) is 0 Å². The number of amides is 1. The molecular weight excluding hydrogens is 365 g/mol. The number of carbonyl (C=O) groups excluding carboxylic acids is 1. The molecule has 4 nitrogen and oxygen atoms in total. The summed E-state index contributed by atoms with van der Waals surface area (Å²) < 4.78 is 1.18. The number of nitrogens with zero attached hydrogens (tertiary/aromatic N) is 1. The molecule has 1 atom stereocenters. The fourth-order valence-corrected chi connectivity index (χ4v) is 3.32. The van der Waals surface area contributed by atoms with Gasteiger partial charge in [-0.15, -0.1) is 0 Å². The van der Waals surface area contributed by atoms with E-state index in [0.29, 0.717) is 19.1 Å². The molecule has 0 saturated carbocycles. The predicted molar refractivity (Wildman–Crippen MR) is 90.8 cm³/mol. The number of nitrogens with two attached hydrogens (primary N) is 1. The van der Waals surface area contributed by atoms with Gasteiger partial charge in [0, 0.05) is 21.8 Å². The summed E-state index contributed by atoms with van der Waals surface area (Å²) in [6, 6.07) is 6.39. The first-order chi connectivity index (χ1) is 9.60. The molecule has 3 N–H and O–H groups in total. The number of hydrogen-bond donors (Lipinski definition) is 2. The number of halogens is 1. The molecule has 20 heavy (non-hydrogen) atoms. The van der Waals surface area contributed by atoms with Crippen molar-refractivity contribution in [1.82, 2.24) is 4.90 Å². The van der Waals surface area contributed by atoms with Crippen molar-refractivity contribution >= 4 is 34.2 Å². The molecule has 0 aliphatic carbocycles. The number of nitrogens with one attached hydrogen (secondary N) is 1. The standard InChI is InChI=1S/C15H22IN3O/c1-11-8-12(16)5-6-14(11)18-15(20)10-19-7-3-2-4-13(19)9-17/h5-6,8,13H,2-4,7,9-10,17H2,1H3,(H,18,20). The topological polar surface area (TPSA) is 58.4 Å². The van der Waals surface area contributed by atoms with Crippen molar-refractivity contribution in [3.8, 4) is 0 Å². The van der Waals surface area contributed by atoms with Gasteiger partial charge in [-0.25, -0.2) is 0 Å². The molecule has 1 aliphatic rings. The van der Waals surface area contributed by atoms with Crippen molar-refractivity contribution in [2.75, 3.05) is 25.0 Å². The Balaban J connectivity index is 1.94. The van der Waals surface area contributed by atoms with Crippen molar-refractivity contribution in [2.24, 2.45) is 5.73 Å². The zero-order valence-electron chi connectivity index (χ0n) is 11.9. The molecule has 110 valence electrons. The van der Waals surface area contributed by atoms with Crippen LogP contribution in [0.2, 0.25) is 0 Å². The zero-order valence-corrected chi connectivity index (χ0v) is 14.0. The molecule has 1 fully saturated rings. The highest BCUT2D eigenvalue weighted by atomic mass is 127. The number of anilines is 1. The minimum Gasteiger partial charge on any atom is -0.329 e. The van der Waals surface area contributed by atoms with Crippen molar-refractivity contribution in [3.63, 3.8) is 0 Å². The average Bonchev–Trinajstić information content (AvgIpc) is 2.42. The fraction of sp³-hybridized carbons (Fsp3) is 0.533. The highest BCUT2D eigenvalue weighted by molar-refractivity contribution is 14.1. The maximum absolute atomic E-state index is 12.2. The van der Waals surface area contributed by atoms with Crippen LogP contribution in [-0.2, 0) is 4.79 Å². The van der Waals surface area contributed by atoms with Gasteiger partial charge < -0.3 is 11.1 Å². The van der Waals surface area contributed by atoms with Gasteiger partial charge in [0.05, 0.1) is 6.54 Å². The summed E-state index contributed by atoms with van der Waals surface area (Å²) in [4.78, 5) is 14.4. The van der Waals surface area contributed by atoms with E-state index < -0.39 is 0 Å². The normalized spacial score (nSPS) is 19.9. The van der Waals surface area contributed by atoms with Gasteiger partial charge in [0.15, 0.2) is 0 Å². The van der Waals surface area contributed by atoms with Crippen LogP contribution in [-0.4, -0.2) is 36.5 Å². The molecule has 1 amide bonds. The van der Waals surface area contributed by atoms with Crippen molar-refractivity contribution in [1.29, 1.82) is 0 Å². The highest BCUT2D eigenvalue weighted by Crippen LogP contribution is 2.19. The van der Waals surface area contributed by atoms with E-state index in [1.165, 1.54) is 9.99 Å². The van der Waals surface area contributed by atoms with Crippen molar-refractivity contribution in [2.45, 2.75) is 32.2 Å². The van der Waals surface area contributed by atoms with E-state index in [4.69, 9.17) is 5.73 Å². The second kappa shape index (κ2) is 7.38. The number of aryl methyl sites for hydroxylation is 1. The smallest absolute Gasteiger partial charge is 0.238 e. The maximum atomic E-state index is 12.2. The quantitative estimate of drug-likeness (QED) is 0.780. The highest BCUT2D eigenvalue weighted by Gasteiger charge is 2.23. The van der Waals surface area contributed by atoms with E-state index in [2.05, 4.69) is 38.9 Å². The Morgan fingerprint density at radius 1 is 1.50 bits per heavy atom. The van der Waals surface area contributed by atoms with Gasteiger partial charge in [-0.2, -0.15) is 0 Å². The van der Waals surface area contributed by atoms with Gasteiger partial charge in [-0.1, -0.05) is 6.42 Å². The molecule has 0 bridgehead atoms. The van der Waals surface area contributed by atoms with E-state index in [1.54, 1.807) is 0 Å². The Kier molecular flexibility index (Phi) is 5.80.